The van der Waals surface area contributed by atoms with E-state index in [2.05, 4.69) is 19.6 Å². The molecule has 0 saturated heterocycles. The highest BCUT2D eigenvalue weighted by Crippen LogP contribution is 2.17. The predicted molar refractivity (Wildman–Crippen MR) is 204 cm³/mol. The van der Waals surface area contributed by atoms with Crippen molar-refractivity contribution in [2.24, 2.45) is 0 Å². The van der Waals surface area contributed by atoms with Crippen molar-refractivity contribution in [3.05, 3.63) is 0 Å². The minimum absolute atomic E-state index is 1.07. The van der Waals surface area contributed by atoms with Crippen LogP contribution in [0.2, 0.25) is 0 Å². The maximum absolute atomic E-state index is 4.29. The van der Waals surface area contributed by atoms with Crippen molar-refractivity contribution in [2.45, 2.75) is 264 Å². The number of hydrogen-bond donors (Lipinski definition) is 1. The molecule has 0 aromatic carbocycles. The van der Waals surface area contributed by atoms with Crippen LogP contribution in [-0.2, 0) is 0 Å². The monoisotopic (exact) mass is 623 g/mol. The molecule has 0 N–H and O–H groups in total. The number of thiol groups is 1. The molecule has 0 amide bonds. The highest BCUT2D eigenvalue weighted by atomic mass is 32.1. The summed E-state index contributed by atoms with van der Waals surface area (Å²) in [6, 6.07) is 0. The Hall–Kier alpha value is 0.350. The Morgan fingerprint density at radius 2 is 0.302 bits per heavy atom. The molecule has 0 aliphatic rings. The molecule has 0 nitrogen and oxygen atoms in total. The van der Waals surface area contributed by atoms with E-state index in [-0.39, 0.29) is 0 Å². The van der Waals surface area contributed by atoms with Crippen LogP contribution in [0.15, 0.2) is 0 Å². The van der Waals surface area contributed by atoms with Gasteiger partial charge in [-0.3, -0.25) is 0 Å². The maximum Gasteiger partial charge on any atom is -0.00979 e. The summed E-state index contributed by atoms with van der Waals surface area (Å²) in [5.41, 5.74) is 0. The maximum atomic E-state index is 4.29. The molecule has 260 valence electrons. The smallest absolute Gasteiger partial charge is 0.00979 e. The Balaban J connectivity index is 3.02. The summed E-state index contributed by atoms with van der Waals surface area (Å²) in [5.74, 6) is 1.07. The molecule has 0 aliphatic heterocycles. The Morgan fingerprint density at radius 3 is 0.419 bits per heavy atom. The van der Waals surface area contributed by atoms with Gasteiger partial charge >= 0.3 is 0 Å². The topological polar surface area (TPSA) is 0 Å². The van der Waals surface area contributed by atoms with E-state index in [1.54, 1.807) is 0 Å². The van der Waals surface area contributed by atoms with E-state index in [0.717, 1.165) is 5.75 Å². The molecular formula is C42H86S. The minimum atomic E-state index is 1.07. The van der Waals surface area contributed by atoms with Gasteiger partial charge in [0, 0.05) is 0 Å². The van der Waals surface area contributed by atoms with Crippen LogP contribution in [0.5, 0.6) is 0 Å². The highest BCUT2D eigenvalue weighted by molar-refractivity contribution is 7.80. The normalized spacial score (nSPS) is 11.6. The van der Waals surface area contributed by atoms with E-state index in [1.165, 1.54) is 257 Å². The van der Waals surface area contributed by atoms with E-state index in [1.807, 2.05) is 0 Å². The highest BCUT2D eigenvalue weighted by Gasteiger charge is 1.98. The Morgan fingerprint density at radius 1 is 0.186 bits per heavy atom. The first-order chi connectivity index (χ1) is 21.4. The van der Waals surface area contributed by atoms with Gasteiger partial charge in [-0.1, -0.05) is 257 Å². The second kappa shape index (κ2) is 42.3. The summed E-state index contributed by atoms with van der Waals surface area (Å²) >= 11 is 4.29. The third-order valence-corrected chi connectivity index (χ3v) is 10.3. The van der Waals surface area contributed by atoms with Gasteiger partial charge in [0.1, 0.15) is 0 Å². The van der Waals surface area contributed by atoms with Crippen LogP contribution in [0.25, 0.3) is 0 Å². The summed E-state index contributed by atoms with van der Waals surface area (Å²) in [6.07, 6.45) is 59.0. The Labute approximate surface area is 281 Å². The van der Waals surface area contributed by atoms with E-state index >= 15 is 0 Å². The third-order valence-electron chi connectivity index (χ3n) is 10.0. The van der Waals surface area contributed by atoms with Crippen LogP contribution in [0.4, 0.5) is 0 Å². The summed E-state index contributed by atoms with van der Waals surface area (Å²) in [5, 5.41) is 0. The standard InChI is InChI=1S/C42H86S/c1-2-3-4-5-6-7-8-9-10-11-12-13-14-15-16-17-18-19-20-21-22-23-24-25-26-27-28-29-30-31-32-33-34-35-36-37-38-39-40-41-42-43/h43H,2-42H2,1H3. The van der Waals surface area contributed by atoms with Gasteiger partial charge in [0.15, 0.2) is 0 Å². The van der Waals surface area contributed by atoms with Crippen LogP contribution in [0.1, 0.15) is 264 Å². The van der Waals surface area contributed by atoms with E-state index in [0.29, 0.717) is 0 Å². The number of rotatable bonds is 40. The van der Waals surface area contributed by atoms with Gasteiger partial charge in [0.2, 0.25) is 0 Å². The van der Waals surface area contributed by atoms with E-state index in [4.69, 9.17) is 0 Å². The fourth-order valence-corrected chi connectivity index (χ4v) is 7.13. The summed E-state index contributed by atoms with van der Waals surface area (Å²) in [7, 11) is 0. The molecule has 0 bridgehead atoms. The van der Waals surface area contributed by atoms with Gasteiger partial charge in [-0.05, 0) is 12.2 Å². The van der Waals surface area contributed by atoms with Crippen molar-refractivity contribution < 1.29 is 0 Å². The van der Waals surface area contributed by atoms with Gasteiger partial charge in [-0.2, -0.15) is 12.6 Å². The largest absolute Gasteiger partial charge is 0.179 e. The van der Waals surface area contributed by atoms with Crippen LogP contribution in [0.3, 0.4) is 0 Å². The molecular weight excluding hydrogens is 537 g/mol. The second-order valence-electron chi connectivity index (χ2n) is 14.5. The zero-order valence-electron chi connectivity index (χ0n) is 30.4. The van der Waals surface area contributed by atoms with Gasteiger partial charge in [-0.25, -0.2) is 0 Å². The van der Waals surface area contributed by atoms with Gasteiger partial charge < -0.3 is 0 Å². The first kappa shape index (κ1) is 43.4. The molecule has 0 radical (unpaired) electrons. The van der Waals surface area contributed by atoms with E-state index in [9.17, 15) is 0 Å². The molecule has 0 atom stereocenters. The average Bonchev–Trinajstić information content (AvgIpc) is 3.02. The number of unbranched alkanes of at least 4 members (excludes halogenated alkanes) is 39. The quantitative estimate of drug-likeness (QED) is 0.0510. The van der Waals surface area contributed by atoms with Crippen molar-refractivity contribution in [3.8, 4) is 0 Å². The SMILES string of the molecule is CCCCCCCCCCCCCCCCCCCCCCCCCCCCCCCCCCCCCCCCCCS. The van der Waals surface area contributed by atoms with Crippen molar-refractivity contribution >= 4 is 12.6 Å². The molecule has 0 aliphatic carbocycles. The molecule has 0 saturated carbocycles. The van der Waals surface area contributed by atoms with Gasteiger partial charge in [-0.15, -0.1) is 0 Å². The first-order valence-electron chi connectivity index (χ1n) is 21.0. The van der Waals surface area contributed by atoms with Gasteiger partial charge in [0.05, 0.1) is 0 Å². The van der Waals surface area contributed by atoms with Crippen molar-refractivity contribution in [1.82, 2.24) is 0 Å². The zero-order chi connectivity index (χ0) is 31.0. The third kappa shape index (κ3) is 42.4. The molecule has 0 unspecified atom stereocenters. The second-order valence-corrected chi connectivity index (χ2v) is 15.0. The average molecular weight is 623 g/mol. The minimum Gasteiger partial charge on any atom is -0.179 e. The van der Waals surface area contributed by atoms with Crippen molar-refractivity contribution in [2.75, 3.05) is 5.75 Å². The van der Waals surface area contributed by atoms with Crippen LogP contribution < -0.4 is 0 Å². The zero-order valence-corrected chi connectivity index (χ0v) is 31.3. The molecule has 0 aromatic heterocycles. The molecule has 1 heteroatoms. The summed E-state index contributed by atoms with van der Waals surface area (Å²) in [4.78, 5) is 0. The Kier molecular flexibility index (Phi) is 42.7. The predicted octanol–water partition coefficient (Wildman–Crippen LogP) is 16.5. The van der Waals surface area contributed by atoms with Crippen LogP contribution in [-0.4, -0.2) is 5.75 Å². The van der Waals surface area contributed by atoms with Crippen molar-refractivity contribution in [1.29, 1.82) is 0 Å². The Bertz CT molecular complexity index is 406. The fraction of sp³-hybridized carbons (Fsp3) is 1.00. The lowest BCUT2D eigenvalue weighted by Gasteiger charge is -2.05. The fourth-order valence-electron chi connectivity index (χ4n) is 6.90. The molecule has 0 rings (SSSR count). The molecule has 0 heterocycles. The molecule has 0 fully saturated rings. The van der Waals surface area contributed by atoms with E-state index < -0.39 is 0 Å². The summed E-state index contributed by atoms with van der Waals surface area (Å²) in [6.45, 7) is 2.31. The van der Waals surface area contributed by atoms with Crippen LogP contribution in [0, 0.1) is 0 Å². The molecule has 0 aromatic rings. The molecule has 43 heavy (non-hydrogen) atoms. The van der Waals surface area contributed by atoms with Gasteiger partial charge in [0.25, 0.3) is 0 Å². The molecule has 0 spiro atoms. The van der Waals surface area contributed by atoms with Crippen LogP contribution >= 0.6 is 12.6 Å². The summed E-state index contributed by atoms with van der Waals surface area (Å²) < 4.78 is 0. The number of hydrogen-bond acceptors (Lipinski definition) is 1. The lowest BCUT2D eigenvalue weighted by Crippen LogP contribution is -1.85. The lowest BCUT2D eigenvalue weighted by molar-refractivity contribution is 0.509. The first-order valence-corrected chi connectivity index (χ1v) is 21.7. The lowest BCUT2D eigenvalue weighted by atomic mass is 10.0. The van der Waals surface area contributed by atoms with Crippen molar-refractivity contribution in [3.63, 3.8) is 0 Å².